The molecule has 0 fully saturated rings. The zero-order valence-corrected chi connectivity index (χ0v) is 15.0. The average molecular weight is 340 g/mol. The van der Waals surface area contributed by atoms with Crippen LogP contribution >= 0.6 is 12.2 Å². The summed E-state index contributed by atoms with van der Waals surface area (Å²) in [7, 11) is 3.11. The van der Waals surface area contributed by atoms with Crippen LogP contribution in [0.1, 0.15) is 18.3 Å². The molecule has 0 bridgehead atoms. The van der Waals surface area contributed by atoms with Gasteiger partial charge in [0.15, 0.2) is 11.4 Å². The van der Waals surface area contributed by atoms with Gasteiger partial charge in [-0.1, -0.05) is 0 Å². The lowest BCUT2D eigenvalue weighted by Crippen LogP contribution is -2.43. The summed E-state index contributed by atoms with van der Waals surface area (Å²) >= 11 is 5.19. The average Bonchev–Trinajstić information content (AvgIpc) is 2.47. The zero-order valence-electron chi connectivity index (χ0n) is 14.1. The number of anilines is 1. The van der Waals surface area contributed by atoms with Crippen LogP contribution < -0.4 is 16.0 Å². The van der Waals surface area contributed by atoms with Gasteiger partial charge in [0, 0.05) is 32.2 Å². The topological polar surface area (TPSA) is 92.7 Å². The van der Waals surface area contributed by atoms with Crippen LogP contribution in [0, 0.1) is 13.8 Å². The van der Waals surface area contributed by atoms with Crippen molar-refractivity contribution in [2.45, 2.75) is 27.1 Å². The van der Waals surface area contributed by atoms with Crippen LogP contribution in [-0.4, -0.2) is 54.6 Å². The maximum atomic E-state index is 5.19. The molecule has 0 aliphatic rings. The predicted molar refractivity (Wildman–Crippen MR) is 94.6 cm³/mol. The molecule has 0 atom stereocenters. The highest BCUT2D eigenvalue weighted by Gasteiger charge is 2.09. The monoisotopic (exact) mass is 340 g/mol. The third-order valence-electron chi connectivity index (χ3n) is 2.71. The van der Waals surface area contributed by atoms with Crippen LogP contribution in [0.2, 0.25) is 0 Å². The molecule has 0 aromatic carbocycles. The van der Waals surface area contributed by atoms with Crippen molar-refractivity contribution >= 4 is 29.2 Å². The molecule has 0 aliphatic carbocycles. The number of aliphatic imine (C=N–C) groups is 1. The Bertz CT molecular complexity index is 528. The van der Waals surface area contributed by atoms with Gasteiger partial charge in [0.25, 0.3) is 0 Å². The van der Waals surface area contributed by atoms with Crippen LogP contribution in [-0.2, 0) is 9.47 Å². The Hall–Kier alpha value is -1.84. The van der Waals surface area contributed by atoms with Crippen LogP contribution in [0.15, 0.2) is 11.1 Å². The van der Waals surface area contributed by atoms with Gasteiger partial charge in [0.2, 0.25) is 11.9 Å². The lowest BCUT2D eigenvalue weighted by Gasteiger charge is -2.15. The molecule has 9 heteroatoms. The van der Waals surface area contributed by atoms with Gasteiger partial charge in [0.1, 0.15) is 0 Å². The Kier molecular flexibility index (Phi) is 8.38. The van der Waals surface area contributed by atoms with E-state index >= 15 is 0 Å². The number of hydrogen-bond acceptors (Lipinski definition) is 6. The van der Waals surface area contributed by atoms with Crippen molar-refractivity contribution in [1.82, 2.24) is 20.6 Å². The lowest BCUT2D eigenvalue weighted by atomic mass is 10.4. The number of hydrogen-bond donors (Lipinski definition) is 3. The van der Waals surface area contributed by atoms with Gasteiger partial charge in [-0.25, -0.2) is 15.0 Å². The summed E-state index contributed by atoms with van der Waals surface area (Å²) in [5.74, 6) is 0.861. The standard InChI is InChI=1S/C14H24N6O2S/c1-6-15-14(23)20-12(16-8-11(21-4)22-5)19-13-17-9(2)7-10(3)18-13/h7,11H,6,8H2,1-5H3,(H3,15,16,17,18,19,20,23). The van der Waals surface area contributed by atoms with Crippen molar-refractivity contribution in [3.8, 4) is 0 Å². The SMILES string of the molecule is CCNC(=S)NC(=NCC(OC)OC)Nc1nc(C)cc(C)n1. The molecule has 0 spiro atoms. The first-order chi connectivity index (χ1) is 11.0. The van der Waals surface area contributed by atoms with Crippen molar-refractivity contribution in [2.75, 3.05) is 32.6 Å². The molecule has 1 aromatic rings. The normalized spacial score (nSPS) is 11.5. The Labute approximate surface area is 142 Å². The Morgan fingerprint density at radius 1 is 1.26 bits per heavy atom. The summed E-state index contributed by atoms with van der Waals surface area (Å²) in [6, 6.07) is 1.89. The van der Waals surface area contributed by atoms with E-state index in [0.717, 1.165) is 11.4 Å². The molecule has 1 heterocycles. The van der Waals surface area contributed by atoms with E-state index in [9.17, 15) is 0 Å². The molecular weight excluding hydrogens is 316 g/mol. The number of rotatable bonds is 6. The number of methoxy groups -OCH3 is 2. The van der Waals surface area contributed by atoms with E-state index in [1.807, 2.05) is 26.8 Å². The predicted octanol–water partition coefficient (Wildman–Crippen LogP) is 0.964. The quantitative estimate of drug-likeness (QED) is 0.305. The first-order valence-corrected chi connectivity index (χ1v) is 7.63. The molecule has 0 saturated carbocycles. The molecule has 0 saturated heterocycles. The van der Waals surface area contributed by atoms with E-state index in [1.165, 1.54) is 0 Å². The van der Waals surface area contributed by atoms with Crippen LogP contribution in [0.4, 0.5) is 5.95 Å². The maximum absolute atomic E-state index is 5.19. The van der Waals surface area contributed by atoms with Crippen molar-refractivity contribution < 1.29 is 9.47 Å². The minimum atomic E-state index is -0.443. The zero-order chi connectivity index (χ0) is 17.2. The molecule has 1 aromatic heterocycles. The molecule has 128 valence electrons. The van der Waals surface area contributed by atoms with Crippen LogP contribution in [0.3, 0.4) is 0 Å². The number of aryl methyl sites for hydroxylation is 2. The van der Waals surface area contributed by atoms with Gasteiger partial charge in [-0.2, -0.15) is 0 Å². The van der Waals surface area contributed by atoms with E-state index in [-0.39, 0.29) is 0 Å². The third-order valence-corrected chi connectivity index (χ3v) is 2.95. The highest BCUT2D eigenvalue weighted by Crippen LogP contribution is 2.03. The maximum Gasteiger partial charge on any atom is 0.229 e. The highest BCUT2D eigenvalue weighted by molar-refractivity contribution is 7.80. The summed E-state index contributed by atoms with van der Waals surface area (Å²) in [4.78, 5) is 13.0. The molecule has 8 nitrogen and oxygen atoms in total. The Morgan fingerprint density at radius 2 is 1.87 bits per heavy atom. The fraction of sp³-hybridized carbons (Fsp3) is 0.571. The second kappa shape index (κ2) is 10.0. The highest BCUT2D eigenvalue weighted by atomic mass is 32.1. The second-order valence-corrected chi connectivity index (χ2v) is 5.08. The number of guanidine groups is 1. The number of aromatic nitrogens is 2. The minimum Gasteiger partial charge on any atom is -0.363 e. The number of thiocarbonyl (C=S) groups is 1. The smallest absolute Gasteiger partial charge is 0.229 e. The van der Waals surface area contributed by atoms with Crippen LogP contribution in [0.5, 0.6) is 0 Å². The molecule has 23 heavy (non-hydrogen) atoms. The first kappa shape index (κ1) is 19.2. The summed E-state index contributed by atoms with van der Waals surface area (Å²) < 4.78 is 10.3. The lowest BCUT2D eigenvalue weighted by molar-refractivity contribution is -0.0937. The molecule has 0 amide bonds. The first-order valence-electron chi connectivity index (χ1n) is 7.22. The fourth-order valence-corrected chi connectivity index (χ4v) is 1.96. The van der Waals surface area contributed by atoms with Gasteiger partial charge in [-0.05, 0) is 39.1 Å². The third kappa shape index (κ3) is 7.31. The largest absolute Gasteiger partial charge is 0.363 e. The van der Waals surface area contributed by atoms with Gasteiger partial charge in [0.05, 0.1) is 6.54 Å². The van der Waals surface area contributed by atoms with Crippen molar-refractivity contribution in [3.63, 3.8) is 0 Å². The molecule has 0 unspecified atom stereocenters. The molecule has 3 N–H and O–H groups in total. The van der Waals surface area contributed by atoms with E-state index in [1.54, 1.807) is 14.2 Å². The minimum absolute atomic E-state index is 0.294. The molecule has 0 aliphatic heterocycles. The van der Waals surface area contributed by atoms with Crippen molar-refractivity contribution in [2.24, 2.45) is 4.99 Å². The fourth-order valence-electron chi connectivity index (χ4n) is 1.72. The van der Waals surface area contributed by atoms with Crippen molar-refractivity contribution in [3.05, 3.63) is 17.5 Å². The summed E-state index contributed by atoms with van der Waals surface area (Å²) in [6.07, 6.45) is -0.443. The van der Waals surface area contributed by atoms with Crippen LogP contribution in [0.25, 0.3) is 0 Å². The number of ether oxygens (including phenoxy) is 2. The van der Waals surface area contributed by atoms with E-state index in [4.69, 9.17) is 21.7 Å². The van der Waals surface area contributed by atoms with E-state index in [0.29, 0.717) is 30.1 Å². The number of nitrogens with zero attached hydrogens (tertiary/aromatic N) is 3. The Morgan fingerprint density at radius 3 is 2.39 bits per heavy atom. The molecular formula is C14H24N6O2S. The molecule has 0 radical (unpaired) electrons. The number of nitrogens with one attached hydrogen (secondary N) is 3. The van der Waals surface area contributed by atoms with E-state index < -0.39 is 6.29 Å². The molecule has 1 rings (SSSR count). The van der Waals surface area contributed by atoms with Gasteiger partial charge >= 0.3 is 0 Å². The van der Waals surface area contributed by atoms with Gasteiger partial charge < -0.3 is 20.1 Å². The van der Waals surface area contributed by atoms with Gasteiger partial charge in [-0.15, -0.1) is 0 Å². The Balaban J connectivity index is 2.88. The van der Waals surface area contributed by atoms with Gasteiger partial charge in [-0.3, -0.25) is 5.32 Å². The second-order valence-electron chi connectivity index (χ2n) is 4.67. The summed E-state index contributed by atoms with van der Waals surface area (Å²) in [5, 5.41) is 9.46. The summed E-state index contributed by atoms with van der Waals surface area (Å²) in [6.45, 7) is 6.76. The van der Waals surface area contributed by atoms with E-state index in [2.05, 4.69) is 30.9 Å². The van der Waals surface area contributed by atoms with Crippen molar-refractivity contribution in [1.29, 1.82) is 0 Å². The summed E-state index contributed by atoms with van der Waals surface area (Å²) in [5.41, 5.74) is 1.72.